The Balaban J connectivity index is 2.14. The largest absolute Gasteiger partial charge is 0.458 e. The summed E-state index contributed by atoms with van der Waals surface area (Å²) >= 11 is 0. The molecule has 0 aromatic heterocycles. The van der Waals surface area contributed by atoms with Gasteiger partial charge < -0.3 is 14.6 Å². The molecule has 3 aliphatic rings. The van der Waals surface area contributed by atoms with E-state index in [1.807, 2.05) is 20.8 Å². The van der Waals surface area contributed by atoms with Crippen LogP contribution >= 0.6 is 0 Å². The van der Waals surface area contributed by atoms with E-state index in [1.165, 1.54) is 13.0 Å². The Bertz CT molecular complexity index is 809. The molecule has 0 aliphatic heterocycles. The lowest BCUT2D eigenvalue weighted by atomic mass is 9.41. The molecule has 3 rings (SSSR count). The molecule has 0 saturated heterocycles. The molecule has 3 aliphatic carbocycles. The van der Waals surface area contributed by atoms with Gasteiger partial charge in [0, 0.05) is 24.3 Å². The van der Waals surface area contributed by atoms with Crippen molar-refractivity contribution in [2.24, 2.45) is 28.1 Å². The van der Waals surface area contributed by atoms with Crippen LogP contribution in [0.25, 0.3) is 0 Å². The van der Waals surface area contributed by atoms with E-state index in [0.717, 1.165) is 31.3 Å². The van der Waals surface area contributed by atoms with Gasteiger partial charge in [0.2, 0.25) is 0 Å². The van der Waals surface area contributed by atoms with E-state index < -0.39 is 35.2 Å². The monoisotopic (exact) mass is 446 g/mol. The molecule has 0 aromatic rings. The van der Waals surface area contributed by atoms with Crippen LogP contribution in [0.4, 0.5) is 0 Å². The first-order chi connectivity index (χ1) is 14.7. The standard InChI is InChI=1S/C27H42O5/c1-9-25(7)16-27(30)14-11-19-24(5,6)12-10-13-26(19,8)22(27)21(31-18(4)28)23(25)32-20(29)15-17(2)3/h9,15,19,21-23,30H,1,10-14,16H2,2-8H3/t19-,21-,22+,23+,25+,26-,27+/m1/s1. The Morgan fingerprint density at radius 3 is 2.25 bits per heavy atom. The minimum Gasteiger partial charge on any atom is -0.458 e. The molecule has 0 radical (unpaired) electrons. The second kappa shape index (κ2) is 8.30. The highest BCUT2D eigenvalue weighted by Gasteiger charge is 2.68. The Morgan fingerprint density at radius 1 is 1.03 bits per heavy atom. The molecule has 3 saturated carbocycles. The average Bonchev–Trinajstić information content (AvgIpc) is 2.62. The highest BCUT2D eigenvalue weighted by molar-refractivity contribution is 5.83. The maximum atomic E-state index is 12.7. The molecule has 0 amide bonds. The zero-order valence-electron chi connectivity index (χ0n) is 21.0. The second-order valence-electron chi connectivity index (χ2n) is 12.1. The Kier molecular flexibility index (Phi) is 6.49. The molecule has 7 atom stereocenters. The van der Waals surface area contributed by atoms with Gasteiger partial charge in [-0.3, -0.25) is 4.79 Å². The van der Waals surface area contributed by atoms with Crippen molar-refractivity contribution >= 4 is 11.9 Å². The topological polar surface area (TPSA) is 72.8 Å². The first-order valence-corrected chi connectivity index (χ1v) is 12.1. The molecule has 3 fully saturated rings. The van der Waals surface area contributed by atoms with Gasteiger partial charge in [0.25, 0.3) is 0 Å². The first kappa shape index (κ1) is 25.0. The van der Waals surface area contributed by atoms with E-state index in [4.69, 9.17) is 9.47 Å². The van der Waals surface area contributed by atoms with Gasteiger partial charge in [0.15, 0.2) is 0 Å². The summed E-state index contributed by atoms with van der Waals surface area (Å²) in [6.45, 7) is 17.9. The maximum Gasteiger partial charge on any atom is 0.331 e. The Hall–Kier alpha value is -1.62. The van der Waals surface area contributed by atoms with Crippen LogP contribution in [0.3, 0.4) is 0 Å². The zero-order chi connectivity index (χ0) is 24.1. The van der Waals surface area contributed by atoms with Crippen molar-refractivity contribution in [3.05, 3.63) is 24.3 Å². The van der Waals surface area contributed by atoms with Crippen LogP contribution in [0.15, 0.2) is 24.3 Å². The molecule has 5 heteroatoms. The van der Waals surface area contributed by atoms with Crippen molar-refractivity contribution in [2.45, 2.75) is 105 Å². The number of esters is 2. The average molecular weight is 447 g/mol. The highest BCUT2D eigenvalue weighted by atomic mass is 16.6. The fourth-order valence-electron chi connectivity index (χ4n) is 7.72. The summed E-state index contributed by atoms with van der Waals surface area (Å²) in [4.78, 5) is 25.0. The molecule has 1 N–H and O–H groups in total. The van der Waals surface area contributed by atoms with Crippen molar-refractivity contribution in [1.29, 1.82) is 0 Å². The summed E-state index contributed by atoms with van der Waals surface area (Å²) in [6.07, 6.45) is 6.99. The van der Waals surface area contributed by atoms with Crippen LogP contribution in [-0.2, 0) is 19.1 Å². The minimum absolute atomic E-state index is 0.141. The molecule has 32 heavy (non-hydrogen) atoms. The maximum absolute atomic E-state index is 12.7. The Labute approximate surface area is 193 Å². The van der Waals surface area contributed by atoms with Crippen LogP contribution in [0.5, 0.6) is 0 Å². The minimum atomic E-state index is -1.01. The number of hydrogen-bond acceptors (Lipinski definition) is 5. The normalized spacial score (nSPS) is 42.6. The summed E-state index contributed by atoms with van der Waals surface area (Å²) in [7, 11) is 0. The Morgan fingerprint density at radius 2 is 1.69 bits per heavy atom. The van der Waals surface area contributed by atoms with Gasteiger partial charge in [-0.25, -0.2) is 4.79 Å². The zero-order valence-corrected chi connectivity index (χ0v) is 21.0. The molecule has 0 spiro atoms. The number of carbonyl (C=O) groups excluding carboxylic acids is 2. The van der Waals surface area contributed by atoms with Crippen molar-refractivity contribution in [3.63, 3.8) is 0 Å². The molecule has 0 heterocycles. The summed E-state index contributed by atoms with van der Waals surface area (Å²) in [5.74, 6) is -0.786. The van der Waals surface area contributed by atoms with E-state index in [1.54, 1.807) is 6.08 Å². The quantitative estimate of drug-likeness (QED) is 0.357. The van der Waals surface area contributed by atoms with Crippen LogP contribution in [0.1, 0.15) is 87.0 Å². The number of allylic oxidation sites excluding steroid dienone is 1. The molecular formula is C27H42O5. The van der Waals surface area contributed by atoms with Gasteiger partial charge in [-0.1, -0.05) is 45.8 Å². The summed E-state index contributed by atoms with van der Waals surface area (Å²) in [5.41, 5.74) is -0.975. The predicted octanol–water partition coefficient (Wildman–Crippen LogP) is 5.37. The lowest BCUT2D eigenvalue weighted by Crippen LogP contribution is -2.70. The SMILES string of the molecule is C=C[C@@]1(C)C[C@@]2(O)CC[C@@H]3C(C)(C)CCC[C@@]3(C)[C@@H]2[C@@H](OC(C)=O)[C@@H]1OC(=O)C=C(C)C. The number of carbonyl (C=O) groups is 2. The highest BCUT2D eigenvalue weighted by Crippen LogP contribution is 2.67. The van der Waals surface area contributed by atoms with Gasteiger partial charge in [0.1, 0.15) is 12.2 Å². The number of fused-ring (bicyclic) bond motifs is 3. The number of rotatable bonds is 4. The summed E-state index contributed by atoms with van der Waals surface area (Å²) in [6, 6.07) is 0. The molecule has 5 nitrogen and oxygen atoms in total. The van der Waals surface area contributed by atoms with Gasteiger partial charge in [0.05, 0.1) is 5.60 Å². The van der Waals surface area contributed by atoms with Crippen LogP contribution < -0.4 is 0 Å². The fourth-order valence-corrected chi connectivity index (χ4v) is 7.72. The molecule has 180 valence electrons. The number of hydrogen-bond donors (Lipinski definition) is 1. The van der Waals surface area contributed by atoms with Crippen LogP contribution in [0.2, 0.25) is 0 Å². The second-order valence-corrected chi connectivity index (χ2v) is 12.1. The van der Waals surface area contributed by atoms with Crippen molar-refractivity contribution in [2.75, 3.05) is 0 Å². The predicted molar refractivity (Wildman–Crippen MR) is 125 cm³/mol. The molecule has 0 aromatic carbocycles. The van der Waals surface area contributed by atoms with E-state index in [-0.39, 0.29) is 16.7 Å². The molecular weight excluding hydrogens is 404 g/mol. The lowest BCUT2D eigenvalue weighted by molar-refractivity contribution is -0.272. The van der Waals surface area contributed by atoms with E-state index >= 15 is 0 Å². The van der Waals surface area contributed by atoms with Gasteiger partial charge in [-0.05, 0) is 62.7 Å². The van der Waals surface area contributed by atoms with Gasteiger partial charge >= 0.3 is 11.9 Å². The molecule has 0 unspecified atom stereocenters. The van der Waals surface area contributed by atoms with E-state index in [9.17, 15) is 14.7 Å². The smallest absolute Gasteiger partial charge is 0.331 e. The van der Waals surface area contributed by atoms with Crippen LogP contribution in [0, 0.1) is 28.1 Å². The summed E-state index contributed by atoms with van der Waals surface area (Å²) < 4.78 is 12.0. The van der Waals surface area contributed by atoms with Gasteiger partial charge in [-0.2, -0.15) is 0 Å². The first-order valence-electron chi connectivity index (χ1n) is 12.1. The van der Waals surface area contributed by atoms with E-state index in [2.05, 4.69) is 27.4 Å². The van der Waals surface area contributed by atoms with Crippen molar-refractivity contribution in [1.82, 2.24) is 0 Å². The van der Waals surface area contributed by atoms with Crippen molar-refractivity contribution in [3.8, 4) is 0 Å². The van der Waals surface area contributed by atoms with Gasteiger partial charge in [-0.15, -0.1) is 6.58 Å². The third kappa shape index (κ3) is 4.18. The third-order valence-electron chi connectivity index (χ3n) is 8.81. The van der Waals surface area contributed by atoms with E-state index in [0.29, 0.717) is 18.8 Å². The lowest BCUT2D eigenvalue weighted by Gasteiger charge is -2.66. The number of ether oxygens (including phenoxy) is 2. The fraction of sp³-hybridized carbons (Fsp3) is 0.778. The van der Waals surface area contributed by atoms with Crippen molar-refractivity contribution < 1.29 is 24.2 Å². The molecule has 0 bridgehead atoms. The third-order valence-corrected chi connectivity index (χ3v) is 8.81. The van der Waals surface area contributed by atoms with Crippen LogP contribution in [-0.4, -0.2) is 34.9 Å². The summed E-state index contributed by atoms with van der Waals surface area (Å²) in [5, 5.41) is 12.1. The number of aliphatic hydroxyl groups is 1.